The molecule has 4 heteroatoms. The molecule has 3 unspecified atom stereocenters. The Morgan fingerprint density at radius 3 is 2.11 bits per heavy atom. The Morgan fingerprint density at radius 1 is 0.893 bits per heavy atom. The molecule has 1 fully saturated rings. The van der Waals surface area contributed by atoms with Gasteiger partial charge in [-0.2, -0.15) is 0 Å². The van der Waals surface area contributed by atoms with Gasteiger partial charge < -0.3 is 10.6 Å². The molecule has 1 aliphatic rings. The highest BCUT2D eigenvalue weighted by atomic mass is 16.2. The smallest absolute Gasteiger partial charge is 0.225 e. The number of carbonyl (C=O) groups is 2. The highest BCUT2D eigenvalue weighted by Gasteiger charge is 2.34. The van der Waals surface area contributed by atoms with E-state index in [2.05, 4.69) is 48.7 Å². The molecule has 0 radical (unpaired) electrons. The van der Waals surface area contributed by atoms with Gasteiger partial charge in [0.2, 0.25) is 11.8 Å². The molecule has 0 spiro atoms. The van der Waals surface area contributed by atoms with Gasteiger partial charge in [0.15, 0.2) is 0 Å². The first kappa shape index (κ1) is 20.1. The molecule has 2 N–H and O–H groups in total. The number of amides is 2. The summed E-state index contributed by atoms with van der Waals surface area (Å²) in [5, 5.41) is 6.20. The Morgan fingerprint density at radius 2 is 1.50 bits per heavy atom. The Bertz CT molecular complexity index is 799. The zero-order valence-electron chi connectivity index (χ0n) is 16.9. The van der Waals surface area contributed by atoms with E-state index in [1.165, 1.54) is 12.5 Å². The molecule has 1 aliphatic carbocycles. The van der Waals surface area contributed by atoms with Crippen molar-refractivity contribution in [2.45, 2.75) is 58.0 Å². The highest BCUT2D eigenvalue weighted by molar-refractivity contribution is 5.82. The summed E-state index contributed by atoms with van der Waals surface area (Å²) in [6, 6.07) is 18.3. The minimum Gasteiger partial charge on any atom is -0.353 e. The summed E-state index contributed by atoms with van der Waals surface area (Å²) in [6.45, 7) is 5.86. The molecule has 148 valence electrons. The molecule has 0 aliphatic heterocycles. The van der Waals surface area contributed by atoms with Crippen LogP contribution >= 0.6 is 0 Å². The van der Waals surface area contributed by atoms with E-state index in [1.807, 2.05) is 30.3 Å². The van der Waals surface area contributed by atoms with Crippen molar-refractivity contribution in [1.82, 2.24) is 10.6 Å². The second-order valence-corrected chi connectivity index (χ2v) is 8.02. The van der Waals surface area contributed by atoms with Gasteiger partial charge in [-0.3, -0.25) is 9.59 Å². The van der Waals surface area contributed by atoms with Crippen LogP contribution in [0.2, 0.25) is 0 Å². The third kappa shape index (κ3) is 4.80. The van der Waals surface area contributed by atoms with E-state index in [4.69, 9.17) is 0 Å². The van der Waals surface area contributed by atoms with Crippen LogP contribution in [0.5, 0.6) is 0 Å². The maximum absolute atomic E-state index is 13.1. The van der Waals surface area contributed by atoms with Crippen molar-refractivity contribution in [3.05, 3.63) is 71.3 Å². The molecule has 0 aromatic heterocycles. The molecular formula is C24H30N2O2. The first-order chi connectivity index (χ1) is 13.5. The van der Waals surface area contributed by atoms with Crippen molar-refractivity contribution < 1.29 is 9.59 Å². The van der Waals surface area contributed by atoms with Gasteiger partial charge in [-0.25, -0.2) is 0 Å². The minimum atomic E-state index is -0.200. The largest absolute Gasteiger partial charge is 0.353 e. The van der Waals surface area contributed by atoms with Crippen LogP contribution in [0.4, 0.5) is 0 Å². The first-order valence-electron chi connectivity index (χ1n) is 10.2. The number of benzene rings is 2. The van der Waals surface area contributed by atoms with Crippen LogP contribution in [0.1, 0.15) is 68.7 Å². The van der Waals surface area contributed by atoms with Crippen molar-refractivity contribution in [1.29, 1.82) is 0 Å². The second kappa shape index (κ2) is 9.05. The summed E-state index contributed by atoms with van der Waals surface area (Å²) in [7, 11) is 0. The normalized spacial score (nSPS) is 20.0. The van der Waals surface area contributed by atoms with Crippen LogP contribution < -0.4 is 10.6 Å². The van der Waals surface area contributed by atoms with Crippen LogP contribution in [0.3, 0.4) is 0 Å². The zero-order valence-corrected chi connectivity index (χ0v) is 16.9. The van der Waals surface area contributed by atoms with E-state index in [-0.39, 0.29) is 29.8 Å². The maximum atomic E-state index is 13.1. The fourth-order valence-corrected chi connectivity index (χ4v) is 4.03. The average molecular weight is 379 g/mol. The molecule has 2 aromatic rings. The third-order valence-electron chi connectivity index (χ3n) is 5.60. The average Bonchev–Trinajstić information content (AvgIpc) is 3.14. The summed E-state index contributed by atoms with van der Waals surface area (Å²) in [5.74, 6) is 0.229. The summed E-state index contributed by atoms with van der Waals surface area (Å²) in [5.41, 5.74) is 3.41. The van der Waals surface area contributed by atoms with Gasteiger partial charge >= 0.3 is 0 Å². The Kier molecular flexibility index (Phi) is 6.50. The maximum Gasteiger partial charge on any atom is 0.225 e. The number of rotatable bonds is 6. The zero-order chi connectivity index (χ0) is 20.1. The number of hydrogen-bond donors (Lipinski definition) is 2. The molecule has 0 saturated heterocycles. The lowest BCUT2D eigenvalue weighted by Crippen LogP contribution is -2.44. The van der Waals surface area contributed by atoms with Gasteiger partial charge in [-0.1, -0.05) is 74.9 Å². The molecule has 0 bridgehead atoms. The summed E-state index contributed by atoms with van der Waals surface area (Å²) >= 11 is 0. The van der Waals surface area contributed by atoms with Gasteiger partial charge in [0, 0.05) is 13.0 Å². The fraction of sp³-hybridized carbons (Fsp3) is 0.417. The lowest BCUT2D eigenvalue weighted by atomic mass is 9.94. The molecule has 2 aromatic carbocycles. The van der Waals surface area contributed by atoms with Crippen molar-refractivity contribution in [3.63, 3.8) is 0 Å². The Labute approximate surface area is 167 Å². The molecule has 4 nitrogen and oxygen atoms in total. The monoisotopic (exact) mass is 378 g/mol. The van der Waals surface area contributed by atoms with Crippen molar-refractivity contribution in [2.24, 2.45) is 5.92 Å². The summed E-state index contributed by atoms with van der Waals surface area (Å²) < 4.78 is 0. The minimum absolute atomic E-state index is 0.0121. The van der Waals surface area contributed by atoms with Crippen molar-refractivity contribution >= 4 is 11.8 Å². The Balaban J connectivity index is 1.83. The van der Waals surface area contributed by atoms with Gasteiger partial charge in [-0.15, -0.1) is 0 Å². The molecule has 28 heavy (non-hydrogen) atoms. The standard InChI is InChI=1S/C24H30N2O2/c1-16(2)18-12-14-20(15-13-18)23(19-8-5-4-6-9-19)26-24(28)21-10-7-11-22(21)25-17(3)27/h4-6,8-9,12-16,21-23H,7,10-11H2,1-3H3,(H,25,27)(H,26,28). The van der Waals surface area contributed by atoms with E-state index < -0.39 is 0 Å². The molecule has 3 atom stereocenters. The lowest BCUT2D eigenvalue weighted by Gasteiger charge is -2.25. The van der Waals surface area contributed by atoms with Crippen LogP contribution in [0, 0.1) is 5.92 Å². The lowest BCUT2D eigenvalue weighted by molar-refractivity contribution is -0.126. The van der Waals surface area contributed by atoms with Gasteiger partial charge in [-0.05, 0) is 35.4 Å². The van der Waals surface area contributed by atoms with E-state index in [9.17, 15) is 9.59 Å². The SMILES string of the molecule is CC(=O)NC1CCCC1C(=O)NC(c1ccccc1)c1ccc(C(C)C)cc1. The van der Waals surface area contributed by atoms with Crippen LogP contribution in [0.15, 0.2) is 54.6 Å². The fourth-order valence-electron chi connectivity index (χ4n) is 4.03. The molecule has 0 heterocycles. The topological polar surface area (TPSA) is 58.2 Å². The molecule has 2 amide bonds. The van der Waals surface area contributed by atoms with Crippen LogP contribution in [-0.2, 0) is 9.59 Å². The van der Waals surface area contributed by atoms with Crippen LogP contribution in [-0.4, -0.2) is 17.9 Å². The number of carbonyl (C=O) groups excluding carboxylic acids is 2. The van der Waals surface area contributed by atoms with Gasteiger partial charge in [0.25, 0.3) is 0 Å². The van der Waals surface area contributed by atoms with Gasteiger partial charge in [0.05, 0.1) is 12.0 Å². The van der Waals surface area contributed by atoms with Crippen molar-refractivity contribution in [2.75, 3.05) is 0 Å². The highest BCUT2D eigenvalue weighted by Crippen LogP contribution is 2.29. The van der Waals surface area contributed by atoms with E-state index >= 15 is 0 Å². The summed E-state index contributed by atoms with van der Waals surface area (Å²) in [4.78, 5) is 24.6. The first-order valence-corrected chi connectivity index (χ1v) is 10.2. The molecule has 3 rings (SSSR count). The van der Waals surface area contributed by atoms with Crippen molar-refractivity contribution in [3.8, 4) is 0 Å². The van der Waals surface area contributed by atoms with E-state index in [0.717, 1.165) is 30.4 Å². The number of nitrogens with one attached hydrogen (secondary N) is 2. The predicted octanol–water partition coefficient (Wildman–Crippen LogP) is 4.32. The van der Waals surface area contributed by atoms with Gasteiger partial charge in [0.1, 0.15) is 0 Å². The second-order valence-electron chi connectivity index (χ2n) is 8.02. The predicted molar refractivity (Wildman–Crippen MR) is 112 cm³/mol. The van der Waals surface area contributed by atoms with E-state index in [1.54, 1.807) is 0 Å². The van der Waals surface area contributed by atoms with Crippen LogP contribution in [0.25, 0.3) is 0 Å². The molecular weight excluding hydrogens is 348 g/mol. The van der Waals surface area contributed by atoms with E-state index in [0.29, 0.717) is 5.92 Å². The summed E-state index contributed by atoms with van der Waals surface area (Å²) in [6.07, 6.45) is 2.63. The quantitative estimate of drug-likeness (QED) is 0.786. The number of hydrogen-bond acceptors (Lipinski definition) is 2. The third-order valence-corrected chi connectivity index (χ3v) is 5.60. The Hall–Kier alpha value is -2.62. The molecule has 1 saturated carbocycles.